The van der Waals surface area contributed by atoms with Gasteiger partial charge in [0.15, 0.2) is 17.5 Å². The predicted octanol–water partition coefficient (Wildman–Crippen LogP) is 3.36. The molecule has 0 fully saturated rings. The average Bonchev–Trinajstić information content (AvgIpc) is 2.92. The number of hydrogen-bond acceptors (Lipinski definition) is 3. The first-order chi connectivity index (χ1) is 10.6. The Labute approximate surface area is 126 Å². The molecule has 3 aromatic rings. The van der Waals surface area contributed by atoms with Crippen molar-refractivity contribution >= 4 is 5.82 Å². The summed E-state index contributed by atoms with van der Waals surface area (Å²) < 4.78 is 27.8. The van der Waals surface area contributed by atoms with E-state index in [0.717, 1.165) is 24.2 Å². The van der Waals surface area contributed by atoms with E-state index in [0.29, 0.717) is 11.3 Å². The van der Waals surface area contributed by atoms with E-state index >= 15 is 0 Å². The van der Waals surface area contributed by atoms with Gasteiger partial charge in [0.1, 0.15) is 5.69 Å². The molecule has 6 heteroatoms. The van der Waals surface area contributed by atoms with Gasteiger partial charge in [-0.15, -0.1) is 5.10 Å². The van der Waals surface area contributed by atoms with Crippen molar-refractivity contribution in [1.29, 1.82) is 0 Å². The fourth-order valence-corrected chi connectivity index (χ4v) is 2.20. The van der Waals surface area contributed by atoms with E-state index in [1.54, 1.807) is 0 Å². The molecule has 0 aliphatic heterocycles. The van der Waals surface area contributed by atoms with E-state index in [9.17, 15) is 8.78 Å². The van der Waals surface area contributed by atoms with Crippen LogP contribution in [0, 0.1) is 11.6 Å². The Hall–Kier alpha value is -2.76. The first-order valence-corrected chi connectivity index (χ1v) is 6.86. The summed E-state index contributed by atoms with van der Waals surface area (Å²) in [4.78, 5) is 0. The molecular weight excluding hydrogens is 286 g/mol. The summed E-state index contributed by atoms with van der Waals surface area (Å²) >= 11 is 0. The number of nitrogens with two attached hydrogens (primary N) is 1. The van der Waals surface area contributed by atoms with Crippen molar-refractivity contribution in [3.05, 3.63) is 59.7 Å². The molecule has 0 amide bonds. The van der Waals surface area contributed by atoms with Crippen molar-refractivity contribution in [2.24, 2.45) is 0 Å². The van der Waals surface area contributed by atoms with Gasteiger partial charge < -0.3 is 5.73 Å². The topological polar surface area (TPSA) is 56.7 Å². The summed E-state index contributed by atoms with van der Waals surface area (Å²) in [6.45, 7) is 2.07. The third-order valence-corrected chi connectivity index (χ3v) is 3.49. The smallest absolute Gasteiger partial charge is 0.159 e. The fraction of sp³-hybridized carbons (Fsp3) is 0.125. The largest absolute Gasteiger partial charge is 0.382 e. The second-order valence-corrected chi connectivity index (χ2v) is 4.88. The van der Waals surface area contributed by atoms with E-state index in [1.807, 2.05) is 24.3 Å². The number of rotatable bonds is 3. The molecule has 0 aliphatic rings. The van der Waals surface area contributed by atoms with E-state index in [4.69, 9.17) is 5.73 Å². The molecule has 1 aromatic heterocycles. The number of anilines is 1. The van der Waals surface area contributed by atoms with Gasteiger partial charge in [0.05, 0.1) is 5.69 Å². The van der Waals surface area contributed by atoms with Gasteiger partial charge in [0.25, 0.3) is 0 Å². The van der Waals surface area contributed by atoms with Gasteiger partial charge in [-0.25, -0.2) is 8.78 Å². The monoisotopic (exact) mass is 300 g/mol. The molecule has 2 N–H and O–H groups in total. The number of nitrogen functional groups attached to an aromatic ring is 1. The van der Waals surface area contributed by atoms with Gasteiger partial charge in [-0.05, 0) is 42.3 Å². The Kier molecular flexibility index (Phi) is 3.58. The Balaban J connectivity index is 2.02. The summed E-state index contributed by atoms with van der Waals surface area (Å²) in [7, 11) is 0. The maximum Gasteiger partial charge on any atom is 0.159 e. The Bertz CT molecular complexity index is 810. The average molecular weight is 300 g/mol. The maximum absolute atomic E-state index is 13.3. The van der Waals surface area contributed by atoms with Crippen LogP contribution in [0.25, 0.3) is 16.9 Å². The van der Waals surface area contributed by atoms with Crippen LogP contribution >= 0.6 is 0 Å². The van der Waals surface area contributed by atoms with Crippen molar-refractivity contribution in [2.45, 2.75) is 13.3 Å². The van der Waals surface area contributed by atoms with Gasteiger partial charge in [0, 0.05) is 5.56 Å². The standard InChI is InChI=1S/C16H14F2N4/c1-2-10-3-6-12(7-4-10)22-16(19)15(20-21-22)11-5-8-13(17)14(18)9-11/h3-9H,2,19H2,1H3. The molecule has 22 heavy (non-hydrogen) atoms. The van der Waals surface area contributed by atoms with E-state index in [1.165, 1.54) is 16.3 Å². The zero-order valence-corrected chi connectivity index (χ0v) is 11.9. The van der Waals surface area contributed by atoms with E-state index in [2.05, 4.69) is 17.2 Å². The zero-order chi connectivity index (χ0) is 15.7. The van der Waals surface area contributed by atoms with Crippen LogP contribution in [0.5, 0.6) is 0 Å². The fourth-order valence-electron chi connectivity index (χ4n) is 2.20. The third kappa shape index (κ3) is 2.43. The van der Waals surface area contributed by atoms with Crippen LogP contribution in [0.15, 0.2) is 42.5 Å². The lowest BCUT2D eigenvalue weighted by atomic mass is 10.1. The first kappa shape index (κ1) is 14.2. The molecule has 0 saturated heterocycles. The second-order valence-electron chi connectivity index (χ2n) is 4.88. The molecule has 0 atom stereocenters. The van der Waals surface area contributed by atoms with Crippen LogP contribution in [0.3, 0.4) is 0 Å². The van der Waals surface area contributed by atoms with Crippen LogP contribution in [-0.2, 0) is 6.42 Å². The van der Waals surface area contributed by atoms with E-state index in [-0.39, 0.29) is 5.82 Å². The quantitative estimate of drug-likeness (QED) is 0.807. The molecule has 0 aliphatic carbocycles. The highest BCUT2D eigenvalue weighted by molar-refractivity contribution is 5.70. The predicted molar refractivity (Wildman–Crippen MR) is 80.5 cm³/mol. The summed E-state index contributed by atoms with van der Waals surface area (Å²) in [6, 6.07) is 11.3. The van der Waals surface area contributed by atoms with Crippen LogP contribution in [0.1, 0.15) is 12.5 Å². The van der Waals surface area contributed by atoms with Crippen molar-refractivity contribution < 1.29 is 8.78 Å². The summed E-state index contributed by atoms with van der Waals surface area (Å²) in [5.74, 6) is -1.58. The number of aromatic nitrogens is 3. The highest BCUT2D eigenvalue weighted by atomic mass is 19.2. The third-order valence-electron chi connectivity index (χ3n) is 3.49. The Morgan fingerprint density at radius 3 is 2.41 bits per heavy atom. The highest BCUT2D eigenvalue weighted by Gasteiger charge is 2.14. The number of benzene rings is 2. The number of aryl methyl sites for hydroxylation is 1. The summed E-state index contributed by atoms with van der Waals surface area (Å²) in [5.41, 5.74) is 8.71. The van der Waals surface area contributed by atoms with E-state index < -0.39 is 11.6 Å². The molecule has 0 unspecified atom stereocenters. The minimum atomic E-state index is -0.946. The van der Waals surface area contributed by atoms with Crippen molar-refractivity contribution in [3.8, 4) is 16.9 Å². The molecule has 2 aromatic carbocycles. The van der Waals surface area contributed by atoms with Gasteiger partial charge in [-0.1, -0.05) is 24.3 Å². The van der Waals surface area contributed by atoms with Crippen LogP contribution in [-0.4, -0.2) is 15.0 Å². The first-order valence-electron chi connectivity index (χ1n) is 6.86. The molecule has 3 rings (SSSR count). The van der Waals surface area contributed by atoms with Crippen molar-refractivity contribution in [1.82, 2.24) is 15.0 Å². The second kappa shape index (κ2) is 5.55. The molecule has 0 bridgehead atoms. The molecule has 4 nitrogen and oxygen atoms in total. The lowest BCUT2D eigenvalue weighted by Crippen LogP contribution is -2.02. The van der Waals surface area contributed by atoms with Crippen molar-refractivity contribution in [2.75, 3.05) is 5.73 Å². The molecule has 1 heterocycles. The van der Waals surface area contributed by atoms with Crippen molar-refractivity contribution in [3.63, 3.8) is 0 Å². The van der Waals surface area contributed by atoms with Gasteiger partial charge in [-0.2, -0.15) is 4.68 Å². The molecule has 0 radical (unpaired) electrons. The SMILES string of the molecule is CCc1ccc(-n2nnc(-c3ccc(F)c(F)c3)c2N)cc1. The highest BCUT2D eigenvalue weighted by Crippen LogP contribution is 2.26. The lowest BCUT2D eigenvalue weighted by Gasteiger charge is -2.05. The number of nitrogens with zero attached hydrogens (tertiary/aromatic N) is 3. The number of hydrogen-bond donors (Lipinski definition) is 1. The Morgan fingerprint density at radius 1 is 1.05 bits per heavy atom. The van der Waals surface area contributed by atoms with Gasteiger partial charge in [-0.3, -0.25) is 0 Å². The molecule has 112 valence electrons. The lowest BCUT2D eigenvalue weighted by molar-refractivity contribution is 0.509. The van der Waals surface area contributed by atoms with Gasteiger partial charge >= 0.3 is 0 Å². The van der Waals surface area contributed by atoms with Gasteiger partial charge in [0.2, 0.25) is 0 Å². The molecular formula is C16H14F2N4. The normalized spacial score (nSPS) is 10.9. The van der Waals surface area contributed by atoms with Crippen LogP contribution in [0.4, 0.5) is 14.6 Å². The van der Waals surface area contributed by atoms with Crippen LogP contribution < -0.4 is 5.73 Å². The minimum absolute atomic E-state index is 0.273. The Morgan fingerprint density at radius 2 is 1.77 bits per heavy atom. The minimum Gasteiger partial charge on any atom is -0.382 e. The maximum atomic E-state index is 13.3. The zero-order valence-electron chi connectivity index (χ0n) is 11.9. The van der Waals surface area contributed by atoms with Crippen LogP contribution in [0.2, 0.25) is 0 Å². The summed E-state index contributed by atoms with van der Waals surface area (Å²) in [5, 5.41) is 7.97. The molecule has 0 spiro atoms. The summed E-state index contributed by atoms with van der Waals surface area (Å²) in [6.07, 6.45) is 0.938. The number of halogens is 2. The molecule has 0 saturated carbocycles.